The fourth-order valence-electron chi connectivity index (χ4n) is 4.04. The van der Waals surface area contributed by atoms with E-state index in [0.717, 1.165) is 62.3 Å². The number of amides is 4. The highest BCUT2D eigenvalue weighted by molar-refractivity contribution is 5.97. The third-order valence-corrected chi connectivity index (χ3v) is 5.79. The summed E-state index contributed by atoms with van der Waals surface area (Å²) < 4.78 is 0. The summed E-state index contributed by atoms with van der Waals surface area (Å²) >= 11 is 0. The zero-order valence-electron chi connectivity index (χ0n) is 17.6. The van der Waals surface area contributed by atoms with Gasteiger partial charge in [-0.15, -0.1) is 0 Å². The topological polar surface area (TPSA) is 81.8 Å². The molecule has 0 aliphatic carbocycles. The summed E-state index contributed by atoms with van der Waals surface area (Å²) in [6.45, 7) is 2.69. The Morgan fingerprint density at radius 3 is 2.39 bits per heavy atom. The zero-order valence-corrected chi connectivity index (χ0v) is 17.6. The van der Waals surface area contributed by atoms with Crippen molar-refractivity contribution in [2.75, 3.05) is 29.9 Å². The van der Waals surface area contributed by atoms with Gasteiger partial charge in [-0.1, -0.05) is 12.1 Å². The first-order valence-corrected chi connectivity index (χ1v) is 10.9. The first kappa shape index (κ1) is 20.9. The maximum Gasteiger partial charge on any atom is 0.321 e. The van der Waals surface area contributed by atoms with E-state index in [1.807, 2.05) is 41.3 Å². The molecule has 2 aliphatic heterocycles. The number of rotatable bonds is 5. The van der Waals surface area contributed by atoms with Crippen LogP contribution in [0.15, 0.2) is 48.5 Å². The number of carbonyl (C=O) groups excluding carboxylic acids is 3. The summed E-state index contributed by atoms with van der Waals surface area (Å²) in [4.78, 5) is 40.5. The minimum Gasteiger partial charge on any atom is -0.348 e. The Morgan fingerprint density at radius 1 is 0.903 bits per heavy atom. The van der Waals surface area contributed by atoms with E-state index in [-0.39, 0.29) is 17.8 Å². The second-order valence-corrected chi connectivity index (χ2v) is 8.06. The summed E-state index contributed by atoms with van der Waals surface area (Å²) in [5, 5.41) is 5.84. The predicted octanol–water partition coefficient (Wildman–Crippen LogP) is 3.76. The molecule has 0 bridgehead atoms. The van der Waals surface area contributed by atoms with E-state index in [9.17, 15) is 14.4 Å². The van der Waals surface area contributed by atoms with Crippen LogP contribution in [0.25, 0.3) is 0 Å². The Labute approximate surface area is 182 Å². The summed E-state index contributed by atoms with van der Waals surface area (Å²) in [5.41, 5.74) is 3.01. The molecule has 2 aromatic rings. The lowest BCUT2D eigenvalue weighted by Gasteiger charge is -2.26. The van der Waals surface area contributed by atoms with Gasteiger partial charge in [0.05, 0.1) is 0 Å². The van der Waals surface area contributed by atoms with Gasteiger partial charge in [-0.3, -0.25) is 9.59 Å². The van der Waals surface area contributed by atoms with E-state index in [4.69, 9.17) is 0 Å². The van der Waals surface area contributed by atoms with Crippen molar-refractivity contribution in [3.05, 3.63) is 59.7 Å². The highest BCUT2D eigenvalue weighted by atomic mass is 16.2. The predicted molar refractivity (Wildman–Crippen MR) is 120 cm³/mol. The Hall–Kier alpha value is -3.35. The Kier molecular flexibility index (Phi) is 6.50. The molecule has 0 aromatic heterocycles. The third kappa shape index (κ3) is 5.23. The molecule has 2 aliphatic rings. The lowest BCUT2D eigenvalue weighted by Crippen LogP contribution is -2.35. The smallest absolute Gasteiger partial charge is 0.321 e. The third-order valence-electron chi connectivity index (χ3n) is 5.79. The van der Waals surface area contributed by atoms with Crippen molar-refractivity contribution >= 4 is 29.2 Å². The van der Waals surface area contributed by atoms with Crippen molar-refractivity contribution in [3.8, 4) is 0 Å². The van der Waals surface area contributed by atoms with Crippen LogP contribution < -0.4 is 15.5 Å². The van der Waals surface area contributed by atoms with E-state index in [2.05, 4.69) is 10.6 Å². The van der Waals surface area contributed by atoms with Crippen molar-refractivity contribution < 1.29 is 14.4 Å². The van der Waals surface area contributed by atoms with Crippen molar-refractivity contribution in [2.24, 2.45) is 0 Å². The Morgan fingerprint density at radius 2 is 1.65 bits per heavy atom. The molecule has 0 saturated carbocycles. The number of nitrogens with one attached hydrogen (secondary N) is 2. The molecular weight excluding hydrogens is 392 g/mol. The summed E-state index contributed by atoms with van der Waals surface area (Å²) in [6.07, 6.45) is 4.63. The maximum atomic E-state index is 12.5. The van der Waals surface area contributed by atoms with Crippen LogP contribution in [0.5, 0.6) is 0 Å². The molecule has 7 heteroatoms. The SMILES string of the molecule is O=C(NCc1cccc(NC(=O)N2CCCC2)c1)c1ccc(N2CCCCC2=O)cc1. The standard InChI is InChI=1S/C24H28N4O3/c29-22-8-1-2-15-28(22)21-11-9-19(10-12-21)23(30)25-17-18-6-5-7-20(16-18)26-24(31)27-13-3-4-14-27/h5-7,9-12,16H,1-4,8,13-15,17H2,(H,25,30)(H,26,31). The minimum absolute atomic E-state index is 0.0778. The van der Waals surface area contributed by atoms with Gasteiger partial charge in [0.1, 0.15) is 0 Å². The van der Waals surface area contributed by atoms with Crippen LogP contribution in [-0.4, -0.2) is 42.4 Å². The molecular formula is C24H28N4O3. The van der Waals surface area contributed by atoms with Crippen LogP contribution in [0.4, 0.5) is 16.2 Å². The van der Waals surface area contributed by atoms with Gasteiger partial charge in [-0.2, -0.15) is 0 Å². The number of nitrogens with zero attached hydrogens (tertiary/aromatic N) is 2. The number of benzene rings is 2. The Bertz CT molecular complexity index is 952. The minimum atomic E-state index is -0.178. The van der Waals surface area contributed by atoms with Crippen LogP contribution in [0.2, 0.25) is 0 Å². The lowest BCUT2D eigenvalue weighted by atomic mass is 10.1. The molecule has 0 radical (unpaired) electrons. The van der Waals surface area contributed by atoms with E-state index >= 15 is 0 Å². The lowest BCUT2D eigenvalue weighted by molar-refractivity contribution is -0.119. The number of carbonyl (C=O) groups is 3. The zero-order chi connectivity index (χ0) is 21.6. The van der Waals surface area contributed by atoms with Crippen LogP contribution in [0, 0.1) is 0 Å². The van der Waals surface area contributed by atoms with E-state index in [1.165, 1.54) is 0 Å². The number of piperidine rings is 1. The first-order valence-electron chi connectivity index (χ1n) is 10.9. The van der Waals surface area contributed by atoms with Gasteiger partial charge in [0.15, 0.2) is 0 Å². The molecule has 0 unspecified atom stereocenters. The monoisotopic (exact) mass is 420 g/mol. The van der Waals surface area contributed by atoms with Gasteiger partial charge < -0.3 is 20.4 Å². The van der Waals surface area contributed by atoms with E-state index in [0.29, 0.717) is 18.5 Å². The van der Waals surface area contributed by atoms with Gasteiger partial charge >= 0.3 is 6.03 Å². The van der Waals surface area contributed by atoms with Crippen LogP contribution in [0.3, 0.4) is 0 Å². The fourth-order valence-corrected chi connectivity index (χ4v) is 4.04. The Balaban J connectivity index is 1.32. The number of hydrogen-bond acceptors (Lipinski definition) is 3. The van der Waals surface area contributed by atoms with Crippen molar-refractivity contribution in [2.45, 2.75) is 38.6 Å². The first-order chi connectivity index (χ1) is 15.1. The van der Waals surface area contributed by atoms with Gasteiger partial charge in [-0.05, 0) is 67.6 Å². The molecule has 2 N–H and O–H groups in total. The molecule has 2 heterocycles. The summed E-state index contributed by atoms with van der Waals surface area (Å²) in [5.74, 6) is -0.0387. The molecule has 2 fully saturated rings. The molecule has 2 saturated heterocycles. The van der Waals surface area contributed by atoms with Crippen LogP contribution in [0.1, 0.15) is 48.0 Å². The van der Waals surface area contributed by atoms with Gasteiger partial charge in [0.2, 0.25) is 5.91 Å². The van der Waals surface area contributed by atoms with Gasteiger partial charge in [0, 0.05) is 49.5 Å². The fraction of sp³-hybridized carbons (Fsp3) is 0.375. The number of hydrogen-bond donors (Lipinski definition) is 2. The van der Waals surface area contributed by atoms with Crippen molar-refractivity contribution in [1.82, 2.24) is 10.2 Å². The molecule has 4 amide bonds. The largest absolute Gasteiger partial charge is 0.348 e. The van der Waals surface area contributed by atoms with Crippen molar-refractivity contribution in [1.29, 1.82) is 0 Å². The number of urea groups is 1. The molecule has 0 atom stereocenters. The average molecular weight is 421 g/mol. The number of anilines is 2. The van der Waals surface area contributed by atoms with Crippen molar-refractivity contribution in [3.63, 3.8) is 0 Å². The average Bonchev–Trinajstić information content (AvgIpc) is 3.34. The molecule has 2 aromatic carbocycles. The normalized spacial score (nSPS) is 16.3. The van der Waals surface area contributed by atoms with E-state index < -0.39 is 0 Å². The van der Waals surface area contributed by atoms with Crippen LogP contribution >= 0.6 is 0 Å². The second kappa shape index (κ2) is 9.64. The highest BCUT2D eigenvalue weighted by Gasteiger charge is 2.20. The van der Waals surface area contributed by atoms with Gasteiger partial charge in [0.25, 0.3) is 5.91 Å². The molecule has 7 nitrogen and oxygen atoms in total. The van der Waals surface area contributed by atoms with E-state index in [1.54, 1.807) is 17.0 Å². The molecule has 0 spiro atoms. The summed E-state index contributed by atoms with van der Waals surface area (Å²) in [6, 6.07) is 14.6. The molecule has 4 rings (SSSR count). The molecule has 162 valence electrons. The van der Waals surface area contributed by atoms with Crippen LogP contribution in [-0.2, 0) is 11.3 Å². The number of likely N-dealkylation sites (tertiary alicyclic amines) is 1. The maximum absolute atomic E-state index is 12.5. The highest BCUT2D eigenvalue weighted by Crippen LogP contribution is 2.21. The van der Waals surface area contributed by atoms with Gasteiger partial charge in [-0.25, -0.2) is 4.79 Å². The molecule has 31 heavy (non-hydrogen) atoms. The quantitative estimate of drug-likeness (QED) is 0.773. The summed E-state index contributed by atoms with van der Waals surface area (Å²) in [7, 11) is 0. The second-order valence-electron chi connectivity index (χ2n) is 8.06.